The van der Waals surface area contributed by atoms with E-state index in [2.05, 4.69) is 17.1 Å². The third-order valence-corrected chi connectivity index (χ3v) is 3.63. The van der Waals surface area contributed by atoms with Gasteiger partial charge in [-0.05, 0) is 44.5 Å². The first kappa shape index (κ1) is 14.4. The highest BCUT2D eigenvalue weighted by Gasteiger charge is 2.21. The summed E-state index contributed by atoms with van der Waals surface area (Å²) < 4.78 is 27.2. The van der Waals surface area contributed by atoms with Crippen molar-refractivity contribution in [3.63, 3.8) is 0 Å². The lowest BCUT2D eigenvalue weighted by atomic mass is 10.0. The van der Waals surface area contributed by atoms with Gasteiger partial charge in [-0.25, -0.2) is 8.78 Å². The first-order valence-electron chi connectivity index (χ1n) is 7.09. The predicted molar refractivity (Wildman–Crippen MR) is 73.0 cm³/mol. The highest BCUT2D eigenvalue weighted by Crippen LogP contribution is 2.18. The van der Waals surface area contributed by atoms with E-state index in [0.717, 1.165) is 38.9 Å². The molecule has 1 fully saturated rings. The average molecular weight is 268 g/mol. The van der Waals surface area contributed by atoms with Gasteiger partial charge in [-0.2, -0.15) is 0 Å². The summed E-state index contributed by atoms with van der Waals surface area (Å²) in [4.78, 5) is 2.14. The molecular weight excluding hydrogens is 246 g/mol. The molecule has 1 heterocycles. The van der Waals surface area contributed by atoms with Gasteiger partial charge in [-0.1, -0.05) is 13.0 Å². The van der Waals surface area contributed by atoms with Gasteiger partial charge >= 0.3 is 0 Å². The lowest BCUT2D eigenvalue weighted by molar-refractivity contribution is 0.179. The number of hydrogen-bond acceptors (Lipinski definition) is 2. The predicted octanol–water partition coefficient (Wildman–Crippen LogP) is 2.93. The quantitative estimate of drug-likeness (QED) is 0.883. The fraction of sp³-hybridized carbons (Fsp3) is 0.600. The summed E-state index contributed by atoms with van der Waals surface area (Å²) >= 11 is 0. The van der Waals surface area contributed by atoms with Gasteiger partial charge in [0.25, 0.3) is 0 Å². The van der Waals surface area contributed by atoms with Crippen LogP contribution in [0.2, 0.25) is 0 Å². The van der Waals surface area contributed by atoms with Crippen molar-refractivity contribution in [2.75, 3.05) is 19.6 Å². The van der Waals surface area contributed by atoms with E-state index < -0.39 is 11.6 Å². The summed E-state index contributed by atoms with van der Waals surface area (Å²) in [6.07, 6.45) is 3.34. The largest absolute Gasteiger partial charge is 0.313 e. The highest BCUT2D eigenvalue weighted by atomic mass is 19.1. The number of hydrogen-bond donors (Lipinski definition) is 1. The van der Waals surface area contributed by atoms with Crippen LogP contribution in [-0.2, 0) is 6.54 Å². The molecule has 19 heavy (non-hydrogen) atoms. The number of piperidine rings is 1. The molecule has 0 aliphatic carbocycles. The second-order valence-corrected chi connectivity index (χ2v) is 5.23. The summed E-state index contributed by atoms with van der Waals surface area (Å²) in [6.45, 7) is 5.30. The lowest BCUT2D eigenvalue weighted by Crippen LogP contribution is -2.45. The third-order valence-electron chi connectivity index (χ3n) is 3.63. The molecule has 1 aromatic carbocycles. The van der Waals surface area contributed by atoms with Crippen molar-refractivity contribution in [2.45, 2.75) is 38.8 Å². The van der Waals surface area contributed by atoms with Gasteiger partial charge in [0.2, 0.25) is 0 Å². The van der Waals surface area contributed by atoms with Crippen molar-refractivity contribution in [1.29, 1.82) is 0 Å². The summed E-state index contributed by atoms with van der Waals surface area (Å²) in [5.74, 6) is -0.882. The van der Waals surface area contributed by atoms with Crippen LogP contribution in [0.4, 0.5) is 8.78 Å². The molecule has 1 N–H and O–H groups in total. The number of likely N-dealkylation sites (tertiary alicyclic amines) is 1. The molecule has 106 valence electrons. The van der Waals surface area contributed by atoms with Crippen molar-refractivity contribution in [3.8, 4) is 0 Å². The summed E-state index contributed by atoms with van der Waals surface area (Å²) in [6, 6.07) is 4.52. The van der Waals surface area contributed by atoms with E-state index in [0.29, 0.717) is 12.6 Å². The molecule has 0 spiro atoms. The van der Waals surface area contributed by atoms with Gasteiger partial charge < -0.3 is 5.32 Å². The maximum Gasteiger partial charge on any atom is 0.130 e. The SMILES string of the molecule is CCCNC1CCCN(Cc2c(F)cccc2F)C1. The van der Waals surface area contributed by atoms with Crippen LogP contribution in [0.1, 0.15) is 31.7 Å². The van der Waals surface area contributed by atoms with E-state index in [1.807, 2.05) is 0 Å². The van der Waals surface area contributed by atoms with Crippen LogP contribution in [-0.4, -0.2) is 30.6 Å². The van der Waals surface area contributed by atoms with Gasteiger partial charge in [-0.15, -0.1) is 0 Å². The monoisotopic (exact) mass is 268 g/mol. The highest BCUT2D eigenvalue weighted by molar-refractivity contribution is 5.19. The molecule has 0 amide bonds. The van der Waals surface area contributed by atoms with Gasteiger partial charge in [-0.3, -0.25) is 4.90 Å². The van der Waals surface area contributed by atoms with Crippen molar-refractivity contribution in [1.82, 2.24) is 10.2 Å². The van der Waals surface area contributed by atoms with Crippen molar-refractivity contribution < 1.29 is 8.78 Å². The zero-order valence-electron chi connectivity index (χ0n) is 11.5. The molecule has 1 aliphatic rings. The van der Waals surface area contributed by atoms with Crippen LogP contribution in [0.5, 0.6) is 0 Å². The Morgan fingerprint density at radius 2 is 2.05 bits per heavy atom. The molecule has 1 unspecified atom stereocenters. The Labute approximate surface area is 113 Å². The fourth-order valence-corrected chi connectivity index (χ4v) is 2.62. The third kappa shape index (κ3) is 3.98. The van der Waals surface area contributed by atoms with E-state index in [1.54, 1.807) is 0 Å². The maximum absolute atomic E-state index is 13.6. The standard InChI is InChI=1S/C15H22F2N2/c1-2-8-18-12-5-4-9-19(10-12)11-13-14(16)6-3-7-15(13)17/h3,6-7,12,18H,2,4-5,8-11H2,1H3. The van der Waals surface area contributed by atoms with Gasteiger partial charge in [0.1, 0.15) is 11.6 Å². The molecule has 2 nitrogen and oxygen atoms in total. The van der Waals surface area contributed by atoms with Crippen molar-refractivity contribution in [3.05, 3.63) is 35.4 Å². The van der Waals surface area contributed by atoms with E-state index in [1.165, 1.54) is 18.2 Å². The molecule has 2 rings (SSSR count). The lowest BCUT2D eigenvalue weighted by Gasteiger charge is -2.33. The van der Waals surface area contributed by atoms with Crippen LogP contribution >= 0.6 is 0 Å². The smallest absolute Gasteiger partial charge is 0.130 e. The van der Waals surface area contributed by atoms with Crippen molar-refractivity contribution >= 4 is 0 Å². The van der Waals surface area contributed by atoms with E-state index in [4.69, 9.17) is 0 Å². The fourth-order valence-electron chi connectivity index (χ4n) is 2.62. The van der Waals surface area contributed by atoms with Crippen LogP contribution in [0, 0.1) is 11.6 Å². The summed E-state index contributed by atoms with van der Waals surface area (Å²) in [5.41, 5.74) is 0.193. The van der Waals surface area contributed by atoms with Gasteiger partial charge in [0.15, 0.2) is 0 Å². The number of halogens is 2. The number of benzene rings is 1. The molecule has 1 saturated heterocycles. The molecule has 1 atom stereocenters. The Hall–Kier alpha value is -1.00. The first-order valence-corrected chi connectivity index (χ1v) is 7.09. The second kappa shape index (κ2) is 6.96. The average Bonchev–Trinajstić information content (AvgIpc) is 2.41. The normalized spacial score (nSPS) is 20.7. The minimum Gasteiger partial charge on any atom is -0.313 e. The molecular formula is C15H22F2N2. The van der Waals surface area contributed by atoms with Crippen LogP contribution in [0.15, 0.2) is 18.2 Å². The summed E-state index contributed by atoms with van der Waals surface area (Å²) in [7, 11) is 0. The zero-order chi connectivity index (χ0) is 13.7. The molecule has 1 aromatic rings. The number of nitrogens with zero attached hydrogens (tertiary/aromatic N) is 1. The van der Waals surface area contributed by atoms with Gasteiger partial charge in [0.05, 0.1) is 0 Å². The van der Waals surface area contributed by atoms with E-state index >= 15 is 0 Å². The van der Waals surface area contributed by atoms with E-state index in [-0.39, 0.29) is 5.56 Å². The van der Waals surface area contributed by atoms with E-state index in [9.17, 15) is 8.78 Å². The first-order chi connectivity index (χ1) is 9.20. The van der Waals surface area contributed by atoms with Crippen LogP contribution < -0.4 is 5.32 Å². The second-order valence-electron chi connectivity index (χ2n) is 5.23. The Bertz CT molecular complexity index is 389. The minimum atomic E-state index is -0.441. The molecule has 4 heteroatoms. The Morgan fingerprint density at radius 1 is 1.32 bits per heavy atom. The minimum absolute atomic E-state index is 0.193. The molecule has 0 bridgehead atoms. The number of rotatable bonds is 5. The Kier molecular flexibility index (Phi) is 5.28. The number of nitrogens with one attached hydrogen (secondary N) is 1. The Balaban J connectivity index is 1.95. The summed E-state index contributed by atoms with van der Waals surface area (Å²) in [5, 5.41) is 3.49. The maximum atomic E-state index is 13.6. The molecule has 1 aliphatic heterocycles. The van der Waals surface area contributed by atoms with Crippen LogP contribution in [0.3, 0.4) is 0 Å². The Morgan fingerprint density at radius 3 is 2.74 bits per heavy atom. The van der Waals surface area contributed by atoms with Crippen LogP contribution in [0.25, 0.3) is 0 Å². The topological polar surface area (TPSA) is 15.3 Å². The van der Waals surface area contributed by atoms with Crippen molar-refractivity contribution in [2.24, 2.45) is 0 Å². The molecule has 0 saturated carbocycles. The molecule has 0 aromatic heterocycles. The molecule has 0 radical (unpaired) electrons. The zero-order valence-corrected chi connectivity index (χ0v) is 11.5. The van der Waals surface area contributed by atoms with Gasteiger partial charge in [0, 0.05) is 24.7 Å².